The lowest BCUT2D eigenvalue weighted by molar-refractivity contribution is 0.102. The highest BCUT2D eigenvalue weighted by molar-refractivity contribution is 8.76. The number of nitrogens with one attached hydrogen (secondary N) is 1. The minimum absolute atomic E-state index is 0.0192. The number of benzene rings is 2. The van der Waals surface area contributed by atoms with E-state index in [1.54, 1.807) is 13.0 Å². The van der Waals surface area contributed by atoms with Gasteiger partial charge in [0, 0.05) is 55.7 Å². The molecule has 3 aliphatic carbocycles. The van der Waals surface area contributed by atoms with Crippen LogP contribution in [0.2, 0.25) is 0 Å². The number of hydrogen-bond acceptors (Lipinski definition) is 12. The van der Waals surface area contributed by atoms with Gasteiger partial charge in [0.25, 0.3) is 0 Å². The summed E-state index contributed by atoms with van der Waals surface area (Å²) < 4.78 is 12.4. The predicted molar refractivity (Wildman–Crippen MR) is 255 cm³/mol. The molecule has 4 heterocycles. The maximum absolute atomic E-state index is 11.3. The second kappa shape index (κ2) is 22.1. The summed E-state index contributed by atoms with van der Waals surface area (Å²) in [5, 5.41) is 56.8. The Labute approximate surface area is 382 Å². The SMILES string of the molecule is C[C@H](O)CNC[C@@H]1C2=C[C+]([C@@H](O)COc3cc(CC[C-]4C=C(CO)C(CCCCC[C@@H]5CSSCc6cccc7c6C=C[C@@H](C[C@H]5N)[C@@H]7O)O4)ccc3O)N=C2CC[C@H]2CCC[C@@H]21. The molecule has 0 saturated heterocycles. The molecule has 2 aromatic carbocycles. The first-order valence-electron chi connectivity index (χ1n) is 23.6. The first kappa shape index (κ1) is 46.6. The van der Waals surface area contributed by atoms with Gasteiger partial charge in [0.15, 0.2) is 29.4 Å². The maximum atomic E-state index is 11.3. The number of fused-ring (bicyclic) bond motifs is 8. The van der Waals surface area contributed by atoms with E-state index in [1.807, 2.05) is 39.8 Å². The predicted octanol–water partition coefficient (Wildman–Crippen LogP) is 8.18. The monoisotopic (exact) mass is 899 g/mol. The summed E-state index contributed by atoms with van der Waals surface area (Å²) in [4.78, 5) is 4.93. The normalized spacial score (nSPS) is 29.0. The van der Waals surface area contributed by atoms with Crippen LogP contribution in [0, 0.1) is 41.7 Å². The Morgan fingerprint density at radius 3 is 2.83 bits per heavy atom. The summed E-state index contributed by atoms with van der Waals surface area (Å²) >= 11 is 0. The zero-order valence-corrected chi connectivity index (χ0v) is 38.5. The van der Waals surface area contributed by atoms with Crippen molar-refractivity contribution >= 4 is 33.4 Å². The van der Waals surface area contributed by atoms with Crippen molar-refractivity contribution in [1.29, 1.82) is 0 Å². The lowest BCUT2D eigenvalue weighted by Gasteiger charge is -2.32. The van der Waals surface area contributed by atoms with Crippen LogP contribution in [0.4, 0.5) is 0 Å². The molecule has 7 aliphatic rings. The van der Waals surface area contributed by atoms with Crippen molar-refractivity contribution in [3.8, 4) is 11.5 Å². The fourth-order valence-electron chi connectivity index (χ4n) is 10.9. The number of nitrogens with zero attached hydrogens (tertiary/aromatic N) is 1. The van der Waals surface area contributed by atoms with Crippen molar-refractivity contribution in [3.63, 3.8) is 0 Å². The van der Waals surface area contributed by atoms with E-state index in [0.29, 0.717) is 54.8 Å². The number of phenolic OH excluding ortho intramolecular Hbond substituents is 1. The largest absolute Gasteiger partial charge is 0.504 e. The molecule has 1 unspecified atom stereocenters. The first-order valence-corrected chi connectivity index (χ1v) is 26.1. The van der Waals surface area contributed by atoms with Crippen molar-refractivity contribution in [3.05, 3.63) is 100 Å². The van der Waals surface area contributed by atoms with Gasteiger partial charge in [0.1, 0.15) is 12.2 Å². The molecule has 0 aromatic heterocycles. The average Bonchev–Trinajstić information content (AvgIpc) is 4.02. The van der Waals surface area contributed by atoms with Crippen LogP contribution in [-0.2, 0) is 16.9 Å². The maximum Gasteiger partial charge on any atom is 0.189 e. The van der Waals surface area contributed by atoms with Crippen LogP contribution < -0.4 is 15.8 Å². The third-order valence-electron chi connectivity index (χ3n) is 14.5. The number of rotatable bonds is 18. The van der Waals surface area contributed by atoms with Crippen LogP contribution >= 0.6 is 21.6 Å². The molecule has 2 aromatic rings. The summed E-state index contributed by atoms with van der Waals surface area (Å²) in [6.07, 6.45) is 20.2. The molecule has 12 heteroatoms. The van der Waals surface area contributed by atoms with Gasteiger partial charge in [-0.2, -0.15) is 11.6 Å². The molecule has 4 bridgehead atoms. The Bertz CT molecular complexity index is 1970. The molecular weight excluding hydrogens is 831 g/mol. The van der Waals surface area contributed by atoms with Gasteiger partial charge in [-0.1, -0.05) is 103 Å². The van der Waals surface area contributed by atoms with E-state index in [4.69, 9.17) is 20.2 Å². The van der Waals surface area contributed by atoms with E-state index in [0.717, 1.165) is 97.9 Å². The van der Waals surface area contributed by atoms with Gasteiger partial charge >= 0.3 is 0 Å². The van der Waals surface area contributed by atoms with Crippen LogP contribution in [0.25, 0.3) is 6.08 Å². The number of unbranched alkanes of at least 4 members (excludes halogenated alkanes) is 2. The van der Waals surface area contributed by atoms with Gasteiger partial charge in [0.05, 0.1) is 24.2 Å². The topological polar surface area (TPSA) is 170 Å². The van der Waals surface area contributed by atoms with E-state index in [-0.39, 0.29) is 37.0 Å². The molecule has 2 saturated carbocycles. The van der Waals surface area contributed by atoms with Crippen LogP contribution in [0.1, 0.15) is 112 Å². The number of aromatic hydroxyl groups is 1. The molecule has 8 N–H and O–H groups in total. The Morgan fingerprint density at radius 2 is 1.97 bits per heavy atom. The van der Waals surface area contributed by atoms with Gasteiger partial charge in [0.2, 0.25) is 0 Å². The molecule has 0 radical (unpaired) electrons. The Hall–Kier alpha value is -2.91. The molecule has 10 nitrogen and oxygen atoms in total. The van der Waals surface area contributed by atoms with E-state index in [9.17, 15) is 25.5 Å². The number of phenols is 1. The minimum Gasteiger partial charge on any atom is -0.504 e. The van der Waals surface area contributed by atoms with Crippen molar-refractivity contribution in [2.45, 2.75) is 127 Å². The molecule has 63 heavy (non-hydrogen) atoms. The third-order valence-corrected chi connectivity index (χ3v) is 16.9. The highest BCUT2D eigenvalue weighted by Gasteiger charge is 2.47. The van der Waals surface area contributed by atoms with Crippen molar-refractivity contribution in [1.82, 2.24) is 5.32 Å². The molecule has 0 amide bonds. The van der Waals surface area contributed by atoms with Gasteiger partial charge in [-0.05, 0) is 97.6 Å². The van der Waals surface area contributed by atoms with E-state index < -0.39 is 18.3 Å². The summed E-state index contributed by atoms with van der Waals surface area (Å²) in [6.45, 7) is 3.08. The van der Waals surface area contributed by atoms with Crippen LogP contribution in [0.5, 0.6) is 11.5 Å². The highest BCUT2D eigenvalue weighted by atomic mass is 33.1. The second-order valence-electron chi connectivity index (χ2n) is 18.9. The van der Waals surface area contributed by atoms with E-state index >= 15 is 0 Å². The molecule has 0 spiro atoms. The Balaban J connectivity index is 0.776. The molecular formula is C51H69N3O7S2. The van der Waals surface area contributed by atoms with Crippen molar-refractivity contribution < 1.29 is 35.0 Å². The summed E-state index contributed by atoms with van der Waals surface area (Å²) in [5.41, 5.74) is 14.6. The number of aliphatic hydroxyl groups excluding tert-OH is 4. The zero-order chi connectivity index (χ0) is 43.9. The highest BCUT2D eigenvalue weighted by Crippen LogP contribution is 2.48. The third kappa shape index (κ3) is 11.6. The molecule has 342 valence electrons. The fraction of sp³-hybridized carbons (Fsp3) is 0.588. The number of aliphatic hydroxyl groups is 4. The molecule has 4 aliphatic heterocycles. The number of nitrogens with two attached hydrogens (primary N) is 1. The van der Waals surface area contributed by atoms with Gasteiger partial charge in [-0.3, -0.25) is 0 Å². The Kier molecular flexibility index (Phi) is 16.3. The number of aryl methyl sites for hydroxylation is 1. The fourth-order valence-corrected chi connectivity index (χ4v) is 13.5. The summed E-state index contributed by atoms with van der Waals surface area (Å²) in [7, 11) is 3.80. The standard InChI is InChI=1S/C51H69N3O7S2/c1-31(56)25-53-26-43-39-10-5-8-33(39)16-19-45-42(43)24-46(54-45)48(58)28-60-50-21-32(14-20-47(50)57)13-17-38-22-37(27-55)49(61-38)12-4-2-3-7-36-30-63-62-29-35-9-6-11-41-40(35)18-15-34(51(41)59)23-44(36)52/h6,9,11,14-15,18,20-22,24,31,33-34,36,39,43-44,48-49,51,53,55-59H,2-5,7-8,10,12-13,16-17,19,23,25-30,52H2,1H3/t31-,33+,34-,36+,39-,43-,44+,48-,49?,51-/m0/s1. The van der Waals surface area contributed by atoms with E-state index in [2.05, 4.69) is 41.7 Å². The summed E-state index contributed by atoms with van der Waals surface area (Å²) in [6, 6.07) is 12.3. The van der Waals surface area contributed by atoms with Gasteiger partial charge in [-0.25, -0.2) is 0 Å². The number of aliphatic imine (C=N–C) groups is 1. The average molecular weight is 900 g/mol. The number of hydrogen-bond donors (Lipinski definition) is 7. The molecule has 9 rings (SSSR count). The minimum atomic E-state index is -0.940. The molecule has 10 atom stereocenters. The molecule has 2 fully saturated rings. The van der Waals surface area contributed by atoms with Gasteiger partial charge < -0.3 is 46.1 Å². The van der Waals surface area contributed by atoms with Crippen molar-refractivity contribution in [2.75, 3.05) is 32.1 Å². The van der Waals surface area contributed by atoms with Crippen LogP contribution in [0.3, 0.4) is 0 Å². The Morgan fingerprint density at radius 1 is 1.10 bits per heavy atom. The van der Waals surface area contributed by atoms with Crippen LogP contribution in [0.15, 0.2) is 70.8 Å². The smallest absolute Gasteiger partial charge is 0.189 e. The first-order chi connectivity index (χ1) is 30.6. The lowest BCUT2D eigenvalue weighted by atomic mass is 9.79. The van der Waals surface area contributed by atoms with Crippen LogP contribution in [-0.4, -0.2) is 87.7 Å². The van der Waals surface area contributed by atoms with Crippen molar-refractivity contribution in [2.24, 2.45) is 40.3 Å². The second-order valence-corrected chi connectivity index (χ2v) is 21.4. The quantitative estimate of drug-likeness (QED) is 0.0438. The number of ether oxygens (including phenoxy) is 2. The summed E-state index contributed by atoms with van der Waals surface area (Å²) in [5.74, 6) is 4.27. The van der Waals surface area contributed by atoms with E-state index in [1.165, 1.54) is 36.0 Å². The van der Waals surface area contributed by atoms with Gasteiger partial charge in [-0.15, -0.1) is 4.99 Å². The lowest BCUT2D eigenvalue weighted by Crippen LogP contribution is -2.35. The zero-order valence-electron chi connectivity index (χ0n) is 36.9.